The van der Waals surface area contributed by atoms with Crippen LogP contribution in [0.15, 0.2) is 0 Å². The lowest BCUT2D eigenvalue weighted by Gasteiger charge is -2.42. The summed E-state index contributed by atoms with van der Waals surface area (Å²) >= 11 is 0. The van der Waals surface area contributed by atoms with Crippen molar-refractivity contribution in [2.45, 2.75) is 57.7 Å². The Bertz CT molecular complexity index is 417. The third kappa shape index (κ3) is 3.57. The minimum atomic E-state index is -0.411. The van der Waals surface area contributed by atoms with Crippen LogP contribution in [0.2, 0.25) is 0 Å². The van der Waals surface area contributed by atoms with Crippen molar-refractivity contribution in [1.29, 1.82) is 0 Å². The second kappa shape index (κ2) is 6.00. The smallest absolute Gasteiger partial charge is 0.410 e. The number of rotatable bonds is 5. The Morgan fingerprint density at radius 3 is 2.64 bits per heavy atom. The largest absolute Gasteiger partial charge is 0.444 e. The van der Waals surface area contributed by atoms with E-state index in [9.17, 15) is 4.79 Å². The molecular formula is C17H30N2O3. The molecule has 3 aliphatic rings. The fourth-order valence-electron chi connectivity index (χ4n) is 3.85. The number of ether oxygens (including phenoxy) is 2. The Labute approximate surface area is 133 Å². The maximum absolute atomic E-state index is 12.2. The zero-order valence-electron chi connectivity index (χ0n) is 14.3. The third-order valence-electron chi connectivity index (χ3n) is 5.18. The topological polar surface area (TPSA) is 50.8 Å². The first kappa shape index (κ1) is 16.1. The Hall–Kier alpha value is -0.810. The first-order chi connectivity index (χ1) is 10.4. The van der Waals surface area contributed by atoms with Crippen LogP contribution < -0.4 is 5.32 Å². The van der Waals surface area contributed by atoms with Gasteiger partial charge in [-0.15, -0.1) is 0 Å². The van der Waals surface area contributed by atoms with Crippen LogP contribution in [0.1, 0.15) is 40.0 Å². The molecule has 4 unspecified atom stereocenters. The van der Waals surface area contributed by atoms with Crippen LogP contribution in [-0.2, 0) is 9.47 Å². The summed E-state index contributed by atoms with van der Waals surface area (Å²) in [6, 6.07) is 1.03. The minimum absolute atomic E-state index is 0.156. The van der Waals surface area contributed by atoms with E-state index in [4.69, 9.17) is 9.47 Å². The highest BCUT2D eigenvalue weighted by Crippen LogP contribution is 2.43. The van der Waals surface area contributed by atoms with Gasteiger partial charge in [-0.2, -0.15) is 0 Å². The van der Waals surface area contributed by atoms with Crippen molar-refractivity contribution in [3.05, 3.63) is 0 Å². The molecule has 1 heterocycles. The molecule has 0 aromatic rings. The summed E-state index contributed by atoms with van der Waals surface area (Å²) in [7, 11) is 1.78. The number of likely N-dealkylation sites (tertiary alicyclic amines) is 1. The first-order valence-corrected chi connectivity index (χ1v) is 8.60. The molecule has 1 N–H and O–H groups in total. The lowest BCUT2D eigenvalue weighted by Crippen LogP contribution is -2.54. The molecular weight excluding hydrogens is 280 g/mol. The van der Waals surface area contributed by atoms with Crippen LogP contribution in [-0.4, -0.2) is 55.5 Å². The number of methoxy groups -OCH3 is 1. The number of fused-ring (bicyclic) bond motifs is 1. The average Bonchev–Trinajstić information content (AvgIpc) is 3.17. The number of carbonyl (C=O) groups excluding carboxylic acids is 1. The van der Waals surface area contributed by atoms with Gasteiger partial charge in [-0.1, -0.05) is 0 Å². The monoisotopic (exact) mass is 310 g/mol. The molecule has 0 aromatic carbocycles. The standard InChI is InChI=1S/C17H30N2O3/c1-17(2,3)22-16(20)19-8-12-7-14(13(12)9-19)18-15(10-21-4)11-5-6-11/h11-15,18H,5-10H2,1-4H3. The lowest BCUT2D eigenvalue weighted by molar-refractivity contribution is 0.0287. The lowest BCUT2D eigenvalue weighted by atomic mass is 9.71. The second-order valence-corrected chi connectivity index (χ2v) is 8.22. The molecule has 5 nitrogen and oxygen atoms in total. The van der Waals surface area contributed by atoms with Gasteiger partial charge in [-0.3, -0.25) is 0 Å². The van der Waals surface area contributed by atoms with Crippen molar-refractivity contribution in [3.8, 4) is 0 Å². The van der Waals surface area contributed by atoms with Gasteiger partial charge in [-0.05, 0) is 57.8 Å². The molecule has 1 aliphatic heterocycles. The molecule has 5 heteroatoms. The van der Waals surface area contributed by atoms with Crippen LogP contribution in [0, 0.1) is 17.8 Å². The second-order valence-electron chi connectivity index (χ2n) is 8.22. The summed E-state index contributed by atoms with van der Waals surface area (Å²) in [5.74, 6) is 2.03. The van der Waals surface area contributed by atoms with E-state index in [-0.39, 0.29) is 6.09 Å². The van der Waals surface area contributed by atoms with Gasteiger partial charge in [0.25, 0.3) is 0 Å². The molecule has 1 saturated heterocycles. The highest BCUT2D eigenvalue weighted by atomic mass is 16.6. The van der Waals surface area contributed by atoms with Gasteiger partial charge < -0.3 is 19.7 Å². The van der Waals surface area contributed by atoms with E-state index in [1.807, 2.05) is 25.7 Å². The molecule has 2 aliphatic carbocycles. The molecule has 1 amide bonds. The number of nitrogens with one attached hydrogen (secondary N) is 1. The van der Waals surface area contributed by atoms with E-state index in [0.717, 1.165) is 25.6 Å². The van der Waals surface area contributed by atoms with Crippen molar-refractivity contribution < 1.29 is 14.3 Å². The van der Waals surface area contributed by atoms with Crippen LogP contribution in [0.3, 0.4) is 0 Å². The van der Waals surface area contributed by atoms with Crippen molar-refractivity contribution in [1.82, 2.24) is 10.2 Å². The zero-order valence-corrected chi connectivity index (χ0v) is 14.3. The molecule has 126 valence electrons. The third-order valence-corrected chi connectivity index (χ3v) is 5.18. The van der Waals surface area contributed by atoms with Gasteiger partial charge in [0, 0.05) is 32.3 Å². The molecule has 0 bridgehead atoms. The van der Waals surface area contributed by atoms with Crippen LogP contribution in [0.5, 0.6) is 0 Å². The van der Waals surface area contributed by atoms with E-state index >= 15 is 0 Å². The van der Waals surface area contributed by atoms with E-state index in [2.05, 4.69) is 5.32 Å². The molecule has 4 atom stereocenters. The number of amides is 1. The molecule has 0 radical (unpaired) electrons. The van der Waals surface area contributed by atoms with Crippen molar-refractivity contribution in [2.75, 3.05) is 26.8 Å². The maximum atomic E-state index is 12.2. The van der Waals surface area contributed by atoms with Crippen molar-refractivity contribution >= 4 is 6.09 Å². The van der Waals surface area contributed by atoms with E-state index in [0.29, 0.717) is 23.9 Å². The minimum Gasteiger partial charge on any atom is -0.444 e. The molecule has 0 spiro atoms. The van der Waals surface area contributed by atoms with Crippen molar-refractivity contribution in [3.63, 3.8) is 0 Å². The molecule has 22 heavy (non-hydrogen) atoms. The van der Waals surface area contributed by atoms with Gasteiger partial charge in [0.05, 0.1) is 6.61 Å². The van der Waals surface area contributed by atoms with Gasteiger partial charge in [0.1, 0.15) is 5.60 Å². The quantitative estimate of drug-likeness (QED) is 0.846. The number of nitrogens with zero attached hydrogens (tertiary/aromatic N) is 1. The number of carbonyl (C=O) groups is 1. The first-order valence-electron chi connectivity index (χ1n) is 8.60. The maximum Gasteiger partial charge on any atom is 0.410 e. The Kier molecular flexibility index (Phi) is 4.38. The summed E-state index contributed by atoms with van der Waals surface area (Å²) in [5, 5.41) is 3.79. The summed E-state index contributed by atoms with van der Waals surface area (Å²) in [5.41, 5.74) is -0.411. The highest BCUT2D eigenvalue weighted by molar-refractivity contribution is 5.68. The van der Waals surface area contributed by atoms with Gasteiger partial charge in [-0.25, -0.2) is 4.79 Å². The van der Waals surface area contributed by atoms with Crippen LogP contribution in [0.25, 0.3) is 0 Å². The van der Waals surface area contributed by atoms with Gasteiger partial charge in [0.2, 0.25) is 0 Å². The highest BCUT2D eigenvalue weighted by Gasteiger charge is 2.50. The predicted molar refractivity (Wildman–Crippen MR) is 84.7 cm³/mol. The fourth-order valence-corrected chi connectivity index (χ4v) is 3.85. The SMILES string of the molecule is COCC(NC1CC2CN(C(=O)OC(C)(C)C)CC21)C1CC1. The van der Waals surface area contributed by atoms with Crippen LogP contribution in [0.4, 0.5) is 4.79 Å². The molecule has 3 fully saturated rings. The van der Waals surface area contributed by atoms with E-state index in [1.165, 1.54) is 19.3 Å². The Morgan fingerprint density at radius 1 is 1.32 bits per heavy atom. The molecule has 0 aromatic heterocycles. The Morgan fingerprint density at radius 2 is 2.05 bits per heavy atom. The van der Waals surface area contributed by atoms with Crippen LogP contribution >= 0.6 is 0 Å². The normalized spacial score (nSPS) is 32.4. The van der Waals surface area contributed by atoms with E-state index in [1.54, 1.807) is 7.11 Å². The summed E-state index contributed by atoms with van der Waals surface area (Å²) in [6.07, 6.45) is 3.67. The van der Waals surface area contributed by atoms with E-state index < -0.39 is 5.60 Å². The summed E-state index contributed by atoms with van der Waals surface area (Å²) in [6.45, 7) is 8.26. The van der Waals surface area contributed by atoms with Gasteiger partial charge >= 0.3 is 6.09 Å². The predicted octanol–water partition coefficient (Wildman–Crippen LogP) is 2.26. The Balaban J connectivity index is 1.49. The number of hydrogen-bond donors (Lipinski definition) is 1. The fraction of sp³-hybridized carbons (Fsp3) is 0.941. The average molecular weight is 310 g/mol. The zero-order chi connectivity index (χ0) is 15.9. The summed E-state index contributed by atoms with van der Waals surface area (Å²) in [4.78, 5) is 14.1. The van der Waals surface area contributed by atoms with Crippen molar-refractivity contribution in [2.24, 2.45) is 17.8 Å². The summed E-state index contributed by atoms with van der Waals surface area (Å²) < 4.78 is 10.8. The number of hydrogen-bond acceptors (Lipinski definition) is 4. The van der Waals surface area contributed by atoms with Gasteiger partial charge in [0.15, 0.2) is 0 Å². The molecule has 2 saturated carbocycles. The molecule has 3 rings (SSSR count).